The molecule has 7 heteroatoms. The van der Waals surface area contributed by atoms with Crippen molar-refractivity contribution in [2.24, 2.45) is 0 Å². The van der Waals surface area contributed by atoms with Gasteiger partial charge in [0.1, 0.15) is 5.76 Å². The Hall–Kier alpha value is -1.89. The minimum atomic E-state index is -0.123. The molecule has 2 amide bonds. The molecular formula is C13H20N4O3. The number of amides is 2. The lowest BCUT2D eigenvalue weighted by atomic mass is 10.1. The van der Waals surface area contributed by atoms with E-state index in [-0.39, 0.29) is 17.9 Å². The van der Waals surface area contributed by atoms with Crippen LogP contribution in [0.15, 0.2) is 10.6 Å². The lowest BCUT2D eigenvalue weighted by Gasteiger charge is -2.32. The predicted octanol–water partition coefficient (Wildman–Crippen LogP) is 0.522. The Morgan fingerprint density at radius 2 is 2.35 bits per heavy atom. The largest absolute Gasteiger partial charge is 0.360 e. The van der Waals surface area contributed by atoms with Crippen LogP contribution in [-0.4, -0.2) is 47.5 Å². The number of hydrogen-bond donors (Lipinski definition) is 2. The fourth-order valence-corrected chi connectivity index (χ4v) is 2.42. The third-order valence-corrected chi connectivity index (χ3v) is 3.18. The smallest absolute Gasteiger partial charge is 0.239 e. The Balaban J connectivity index is 1.80. The summed E-state index contributed by atoms with van der Waals surface area (Å²) in [6.45, 7) is 5.14. The second-order valence-electron chi connectivity index (χ2n) is 5.15. The van der Waals surface area contributed by atoms with Crippen molar-refractivity contribution in [2.75, 3.05) is 25.0 Å². The van der Waals surface area contributed by atoms with E-state index in [4.69, 9.17) is 4.52 Å². The average molecular weight is 280 g/mol. The summed E-state index contributed by atoms with van der Waals surface area (Å²) in [6.07, 6.45) is 1.93. The first-order chi connectivity index (χ1) is 9.52. The molecule has 1 aliphatic rings. The summed E-state index contributed by atoms with van der Waals surface area (Å²) in [5.74, 6) is 0.938. The van der Waals surface area contributed by atoms with Crippen molar-refractivity contribution in [3.8, 4) is 0 Å². The summed E-state index contributed by atoms with van der Waals surface area (Å²) in [4.78, 5) is 25.0. The van der Waals surface area contributed by atoms with Crippen molar-refractivity contribution in [3.05, 3.63) is 11.8 Å². The van der Waals surface area contributed by atoms with Gasteiger partial charge in [-0.15, -0.1) is 0 Å². The van der Waals surface area contributed by atoms with Gasteiger partial charge >= 0.3 is 0 Å². The molecule has 1 fully saturated rings. The first-order valence-electron chi connectivity index (χ1n) is 6.75. The molecule has 0 saturated carbocycles. The van der Waals surface area contributed by atoms with E-state index in [1.807, 2.05) is 4.90 Å². The monoisotopic (exact) mass is 280 g/mol. The number of anilines is 1. The van der Waals surface area contributed by atoms with Crippen LogP contribution in [0.3, 0.4) is 0 Å². The quantitative estimate of drug-likeness (QED) is 0.839. The van der Waals surface area contributed by atoms with E-state index in [0.29, 0.717) is 24.7 Å². The molecule has 2 N–H and O–H groups in total. The van der Waals surface area contributed by atoms with Gasteiger partial charge in [0.2, 0.25) is 11.8 Å². The highest BCUT2D eigenvalue weighted by Crippen LogP contribution is 2.11. The molecule has 0 aliphatic carbocycles. The molecule has 2 rings (SSSR count). The third kappa shape index (κ3) is 4.34. The van der Waals surface area contributed by atoms with Crippen molar-refractivity contribution in [1.82, 2.24) is 15.4 Å². The second-order valence-corrected chi connectivity index (χ2v) is 5.15. The van der Waals surface area contributed by atoms with Crippen LogP contribution in [0.5, 0.6) is 0 Å². The van der Waals surface area contributed by atoms with Gasteiger partial charge in [0.05, 0.1) is 6.54 Å². The van der Waals surface area contributed by atoms with Gasteiger partial charge in [0.15, 0.2) is 5.82 Å². The minimum absolute atomic E-state index is 0.0284. The van der Waals surface area contributed by atoms with Gasteiger partial charge in [-0.2, -0.15) is 0 Å². The van der Waals surface area contributed by atoms with E-state index in [1.165, 1.54) is 6.92 Å². The molecule has 1 aromatic heterocycles. The Labute approximate surface area is 117 Å². The molecule has 1 saturated heterocycles. The van der Waals surface area contributed by atoms with Gasteiger partial charge < -0.3 is 15.2 Å². The van der Waals surface area contributed by atoms with Crippen molar-refractivity contribution < 1.29 is 14.1 Å². The first kappa shape index (κ1) is 14.5. The van der Waals surface area contributed by atoms with E-state index >= 15 is 0 Å². The van der Waals surface area contributed by atoms with E-state index in [0.717, 1.165) is 19.4 Å². The van der Waals surface area contributed by atoms with Crippen LogP contribution in [0.2, 0.25) is 0 Å². The average Bonchev–Trinajstić information content (AvgIpc) is 2.74. The zero-order valence-electron chi connectivity index (χ0n) is 11.8. The summed E-state index contributed by atoms with van der Waals surface area (Å²) >= 11 is 0. The first-order valence-corrected chi connectivity index (χ1v) is 6.75. The number of aromatic nitrogens is 1. The summed E-state index contributed by atoms with van der Waals surface area (Å²) in [7, 11) is 0. The van der Waals surface area contributed by atoms with Crippen LogP contribution in [0.4, 0.5) is 5.82 Å². The molecule has 1 atom stereocenters. The molecule has 0 spiro atoms. The highest BCUT2D eigenvalue weighted by atomic mass is 16.5. The molecule has 20 heavy (non-hydrogen) atoms. The molecule has 1 aliphatic heterocycles. The molecule has 0 aromatic carbocycles. The summed E-state index contributed by atoms with van der Waals surface area (Å²) in [5.41, 5.74) is 0. The number of rotatable bonds is 4. The number of nitrogens with zero attached hydrogens (tertiary/aromatic N) is 2. The van der Waals surface area contributed by atoms with Crippen LogP contribution >= 0.6 is 0 Å². The van der Waals surface area contributed by atoms with Gasteiger partial charge in [0.25, 0.3) is 0 Å². The van der Waals surface area contributed by atoms with Gasteiger partial charge in [0, 0.05) is 25.6 Å². The van der Waals surface area contributed by atoms with E-state index in [2.05, 4.69) is 15.8 Å². The number of piperidine rings is 1. The zero-order chi connectivity index (χ0) is 14.5. The number of carbonyl (C=O) groups excluding carboxylic acids is 2. The van der Waals surface area contributed by atoms with Crippen molar-refractivity contribution >= 4 is 17.6 Å². The molecule has 2 heterocycles. The molecule has 110 valence electrons. The topological polar surface area (TPSA) is 87.5 Å². The lowest BCUT2D eigenvalue weighted by Crippen LogP contribution is -2.49. The minimum Gasteiger partial charge on any atom is -0.360 e. The molecule has 0 unspecified atom stereocenters. The van der Waals surface area contributed by atoms with Crippen LogP contribution in [0.1, 0.15) is 25.5 Å². The second kappa shape index (κ2) is 6.51. The normalized spacial score (nSPS) is 19.6. The highest BCUT2D eigenvalue weighted by Gasteiger charge is 2.22. The maximum atomic E-state index is 11.9. The van der Waals surface area contributed by atoms with Crippen LogP contribution in [0.25, 0.3) is 0 Å². The van der Waals surface area contributed by atoms with Gasteiger partial charge in [-0.3, -0.25) is 14.5 Å². The van der Waals surface area contributed by atoms with Gasteiger partial charge in [-0.1, -0.05) is 5.16 Å². The third-order valence-electron chi connectivity index (χ3n) is 3.18. The van der Waals surface area contributed by atoms with E-state index in [1.54, 1.807) is 13.0 Å². The number of carbonyl (C=O) groups is 2. The van der Waals surface area contributed by atoms with Crippen molar-refractivity contribution in [1.29, 1.82) is 0 Å². The number of nitrogens with one attached hydrogen (secondary N) is 2. The summed E-state index contributed by atoms with van der Waals surface area (Å²) in [5, 5.41) is 9.31. The Morgan fingerprint density at radius 3 is 3.00 bits per heavy atom. The Morgan fingerprint density at radius 1 is 1.55 bits per heavy atom. The van der Waals surface area contributed by atoms with Crippen LogP contribution in [0, 0.1) is 6.92 Å². The molecular weight excluding hydrogens is 260 g/mol. The molecule has 1 aromatic rings. The SMILES string of the molecule is CC(=O)N[C@@H]1CCCN(CC(=O)Nc2cc(C)on2)C1. The number of hydrogen-bond acceptors (Lipinski definition) is 5. The Bertz CT molecular complexity index is 486. The highest BCUT2D eigenvalue weighted by molar-refractivity contribution is 5.91. The standard InChI is InChI=1S/C13H20N4O3/c1-9-6-12(16-20-9)15-13(19)8-17-5-3-4-11(7-17)14-10(2)18/h6,11H,3-5,7-8H2,1-2H3,(H,14,18)(H,15,16,19)/t11-/m1/s1. The molecule has 0 bridgehead atoms. The maximum Gasteiger partial charge on any atom is 0.239 e. The van der Waals surface area contributed by atoms with Crippen molar-refractivity contribution in [2.45, 2.75) is 32.7 Å². The van der Waals surface area contributed by atoms with E-state index in [9.17, 15) is 9.59 Å². The van der Waals surface area contributed by atoms with Gasteiger partial charge in [-0.05, 0) is 26.3 Å². The maximum absolute atomic E-state index is 11.9. The van der Waals surface area contributed by atoms with Gasteiger partial charge in [-0.25, -0.2) is 0 Å². The summed E-state index contributed by atoms with van der Waals surface area (Å²) in [6, 6.07) is 1.80. The number of aryl methyl sites for hydroxylation is 1. The van der Waals surface area contributed by atoms with Crippen LogP contribution < -0.4 is 10.6 Å². The Kier molecular flexibility index (Phi) is 4.73. The molecule has 0 radical (unpaired) electrons. The number of likely N-dealkylation sites (tertiary alicyclic amines) is 1. The predicted molar refractivity (Wildman–Crippen MR) is 73.1 cm³/mol. The fraction of sp³-hybridized carbons (Fsp3) is 0.615. The molecule has 7 nitrogen and oxygen atoms in total. The van der Waals surface area contributed by atoms with E-state index < -0.39 is 0 Å². The van der Waals surface area contributed by atoms with Crippen molar-refractivity contribution in [3.63, 3.8) is 0 Å². The van der Waals surface area contributed by atoms with Crippen LogP contribution in [-0.2, 0) is 9.59 Å². The fourth-order valence-electron chi connectivity index (χ4n) is 2.42. The summed E-state index contributed by atoms with van der Waals surface area (Å²) < 4.78 is 4.89. The zero-order valence-corrected chi connectivity index (χ0v) is 11.8. The lowest BCUT2D eigenvalue weighted by molar-refractivity contribution is -0.120.